The lowest BCUT2D eigenvalue weighted by molar-refractivity contribution is -0.107. The summed E-state index contributed by atoms with van der Waals surface area (Å²) in [4.78, 5) is 10.2. The molecule has 3 unspecified atom stereocenters. The van der Waals surface area contributed by atoms with Crippen LogP contribution in [0.3, 0.4) is 0 Å². The summed E-state index contributed by atoms with van der Waals surface area (Å²) in [6.45, 7) is 10.9. The molecule has 8 heteroatoms. The van der Waals surface area contributed by atoms with E-state index in [1.165, 1.54) is 22.3 Å². The lowest BCUT2D eigenvalue weighted by Gasteiger charge is -2.04. The number of hydrogen-bond donors (Lipinski definition) is 0. The van der Waals surface area contributed by atoms with Gasteiger partial charge in [0.1, 0.15) is 17.8 Å². The Bertz CT molecular complexity index is 997. The lowest BCUT2D eigenvalue weighted by Crippen LogP contribution is -1.94. The van der Waals surface area contributed by atoms with Gasteiger partial charge in [0, 0.05) is 6.42 Å². The third-order valence-corrected chi connectivity index (χ3v) is 5.70. The highest BCUT2D eigenvalue weighted by Gasteiger charge is 1.96. The second-order valence-corrected chi connectivity index (χ2v) is 9.35. The van der Waals surface area contributed by atoms with Crippen LogP contribution in [0, 0.1) is 0 Å². The van der Waals surface area contributed by atoms with E-state index in [0.29, 0.717) is 32.8 Å². The first-order chi connectivity index (χ1) is 19.4. The minimum absolute atomic E-state index is 0. The SMILES string of the molecule is COc1ccc(COC/C=C(/C)CCC=C(C)C)cc1.COc1ccc(COC/C=C(/C)CCC=O)cc1.P.PP. The molecule has 41 heavy (non-hydrogen) atoms. The molecule has 2 rings (SSSR count). The van der Waals surface area contributed by atoms with E-state index >= 15 is 0 Å². The van der Waals surface area contributed by atoms with Gasteiger partial charge in [0.05, 0.1) is 40.6 Å². The highest BCUT2D eigenvalue weighted by atomic mass is 32.0. The fourth-order valence-electron chi connectivity index (χ4n) is 3.28. The normalized spacial score (nSPS) is 10.6. The summed E-state index contributed by atoms with van der Waals surface area (Å²) in [5.74, 6) is 1.73. The minimum atomic E-state index is 0. The molecule has 2 aromatic rings. The van der Waals surface area contributed by atoms with Crippen LogP contribution in [-0.4, -0.2) is 33.7 Å². The summed E-state index contributed by atoms with van der Waals surface area (Å²) in [6.07, 6.45) is 11.0. The minimum Gasteiger partial charge on any atom is -0.497 e. The van der Waals surface area contributed by atoms with Crippen molar-refractivity contribution in [3.8, 4) is 11.5 Å². The fraction of sp³-hybridized carbons (Fsp3) is 0.424. The molecule has 0 aliphatic heterocycles. The molecule has 5 nitrogen and oxygen atoms in total. The summed E-state index contributed by atoms with van der Waals surface area (Å²) in [5.41, 5.74) is 6.25. The standard InChI is InChI=1S/C18H26O2.C15H20O3.H4P2.H3P/c1-15(2)6-5-7-16(3)12-13-20-14-17-8-10-18(19-4)11-9-17;1-13(4-3-10-16)9-11-18-12-14-5-7-15(17-2)8-6-14;1-2;/h6,8-12H,5,7,13-14H2,1-4H3;5-10H,3-4,11-12H2,1-2H3;1-2H2;1H3/b16-12-;13-9-;;. The monoisotopic (exact) mass is 622 g/mol. The van der Waals surface area contributed by atoms with E-state index < -0.39 is 0 Å². The van der Waals surface area contributed by atoms with E-state index in [-0.39, 0.29) is 9.90 Å². The molecule has 0 spiro atoms. The Labute approximate surface area is 257 Å². The van der Waals surface area contributed by atoms with Crippen molar-refractivity contribution in [1.82, 2.24) is 0 Å². The van der Waals surface area contributed by atoms with Gasteiger partial charge in [-0.25, -0.2) is 0 Å². The lowest BCUT2D eigenvalue weighted by atomic mass is 10.1. The van der Waals surface area contributed by atoms with Crippen LogP contribution in [0.4, 0.5) is 0 Å². The largest absolute Gasteiger partial charge is 0.497 e. The highest BCUT2D eigenvalue weighted by Crippen LogP contribution is 2.13. The second kappa shape index (κ2) is 28.3. The summed E-state index contributed by atoms with van der Waals surface area (Å²) >= 11 is 0. The zero-order valence-corrected chi connectivity index (χ0v) is 29.7. The number of carbonyl (C=O) groups is 1. The first-order valence-electron chi connectivity index (χ1n) is 13.5. The number of allylic oxidation sites excluding steroid dienone is 4. The van der Waals surface area contributed by atoms with E-state index in [4.69, 9.17) is 18.9 Å². The molecular formula is C33H53O5P3. The molecule has 230 valence electrons. The van der Waals surface area contributed by atoms with Crippen molar-refractivity contribution >= 4 is 34.0 Å². The molecule has 0 radical (unpaired) electrons. The number of carbonyl (C=O) groups excluding carboxylic acids is 1. The zero-order chi connectivity index (χ0) is 30.0. The van der Waals surface area contributed by atoms with Crippen molar-refractivity contribution in [1.29, 1.82) is 0 Å². The van der Waals surface area contributed by atoms with Crippen molar-refractivity contribution in [3.63, 3.8) is 0 Å². The molecule has 2 aromatic carbocycles. The van der Waals surface area contributed by atoms with Gasteiger partial charge in [0.2, 0.25) is 0 Å². The predicted molar refractivity (Wildman–Crippen MR) is 187 cm³/mol. The van der Waals surface area contributed by atoms with Gasteiger partial charge in [-0.15, -0.1) is 17.9 Å². The Balaban J connectivity index is 0. The second-order valence-electron chi connectivity index (χ2n) is 9.35. The van der Waals surface area contributed by atoms with Crippen molar-refractivity contribution < 1.29 is 23.7 Å². The number of hydrogen-bond acceptors (Lipinski definition) is 5. The Morgan fingerprint density at radius 3 is 1.39 bits per heavy atom. The van der Waals surface area contributed by atoms with Crippen molar-refractivity contribution in [2.75, 3.05) is 27.4 Å². The summed E-state index contributed by atoms with van der Waals surface area (Å²) in [6, 6.07) is 15.8. The number of rotatable bonds is 16. The third-order valence-electron chi connectivity index (χ3n) is 5.70. The first-order valence-corrected chi connectivity index (χ1v) is 16.2. The van der Waals surface area contributed by atoms with Gasteiger partial charge in [0.25, 0.3) is 0 Å². The van der Waals surface area contributed by atoms with Gasteiger partial charge >= 0.3 is 0 Å². The van der Waals surface area contributed by atoms with Gasteiger partial charge in [-0.05, 0) is 82.3 Å². The maximum Gasteiger partial charge on any atom is 0.120 e. The van der Waals surface area contributed by atoms with E-state index in [1.807, 2.05) is 61.5 Å². The Morgan fingerprint density at radius 1 is 0.659 bits per heavy atom. The number of methoxy groups -OCH3 is 2. The van der Waals surface area contributed by atoms with Crippen molar-refractivity contribution in [2.24, 2.45) is 0 Å². The van der Waals surface area contributed by atoms with Crippen LogP contribution < -0.4 is 9.47 Å². The molecular weight excluding hydrogens is 569 g/mol. The Kier molecular flexibility index (Phi) is 28.5. The Morgan fingerprint density at radius 2 is 1.05 bits per heavy atom. The van der Waals surface area contributed by atoms with Crippen molar-refractivity contribution in [3.05, 3.63) is 94.6 Å². The molecule has 0 aromatic heterocycles. The molecule has 0 aliphatic carbocycles. The average Bonchev–Trinajstić information content (AvgIpc) is 2.98. The number of ether oxygens (including phenoxy) is 4. The molecule has 0 bridgehead atoms. The van der Waals surface area contributed by atoms with Crippen LogP contribution in [0.25, 0.3) is 0 Å². The van der Waals surface area contributed by atoms with Crippen LogP contribution in [0.2, 0.25) is 0 Å². The van der Waals surface area contributed by atoms with E-state index in [2.05, 4.69) is 50.8 Å². The molecule has 0 N–H and O–H groups in total. The molecule has 0 heterocycles. The topological polar surface area (TPSA) is 54.0 Å². The molecule has 0 aliphatic rings. The summed E-state index contributed by atoms with van der Waals surface area (Å²) in [5, 5.41) is 0. The first kappa shape index (κ1) is 41.3. The van der Waals surface area contributed by atoms with Crippen LogP contribution in [-0.2, 0) is 27.5 Å². The molecule has 0 saturated carbocycles. The summed E-state index contributed by atoms with van der Waals surface area (Å²) < 4.78 is 21.4. The van der Waals surface area contributed by atoms with Gasteiger partial charge in [-0.3, -0.25) is 0 Å². The quantitative estimate of drug-likeness (QED) is 0.0811. The highest BCUT2D eigenvalue weighted by molar-refractivity contribution is 7.92. The predicted octanol–water partition coefficient (Wildman–Crippen LogP) is 8.75. The molecule has 3 atom stereocenters. The maximum absolute atomic E-state index is 10.2. The van der Waals surface area contributed by atoms with E-state index in [0.717, 1.165) is 42.6 Å². The summed E-state index contributed by atoms with van der Waals surface area (Å²) in [7, 11) is 7.99. The zero-order valence-electron chi connectivity index (χ0n) is 26.0. The molecule has 0 fully saturated rings. The third kappa shape index (κ3) is 23.4. The average molecular weight is 623 g/mol. The number of benzene rings is 2. The van der Waals surface area contributed by atoms with Gasteiger partial charge in [-0.2, -0.15) is 9.90 Å². The van der Waals surface area contributed by atoms with Crippen LogP contribution in [0.5, 0.6) is 11.5 Å². The molecule has 0 amide bonds. The number of aldehydes is 1. The van der Waals surface area contributed by atoms with Crippen molar-refractivity contribution in [2.45, 2.75) is 66.6 Å². The van der Waals surface area contributed by atoms with E-state index in [1.54, 1.807) is 14.2 Å². The maximum atomic E-state index is 10.2. The van der Waals surface area contributed by atoms with Crippen LogP contribution in [0.15, 0.2) is 83.5 Å². The van der Waals surface area contributed by atoms with Crippen LogP contribution >= 0.6 is 27.8 Å². The Hall–Kier alpha value is -1.86. The fourth-order valence-corrected chi connectivity index (χ4v) is 3.28. The van der Waals surface area contributed by atoms with Crippen LogP contribution in [0.1, 0.15) is 64.5 Å². The molecule has 0 saturated heterocycles. The van der Waals surface area contributed by atoms with Gasteiger partial charge in [-0.1, -0.05) is 59.2 Å². The smallest absolute Gasteiger partial charge is 0.120 e. The van der Waals surface area contributed by atoms with E-state index in [9.17, 15) is 4.79 Å². The van der Waals surface area contributed by atoms with Gasteiger partial charge < -0.3 is 23.7 Å². The van der Waals surface area contributed by atoms with Gasteiger partial charge in [0.15, 0.2) is 0 Å².